The second kappa shape index (κ2) is 11.3. The molecule has 0 radical (unpaired) electrons. The lowest BCUT2D eigenvalue weighted by atomic mass is 9.99. The summed E-state index contributed by atoms with van der Waals surface area (Å²) in [4.78, 5) is 24.6. The first-order valence-corrected chi connectivity index (χ1v) is 8.72. The van der Waals surface area contributed by atoms with Crippen LogP contribution < -0.4 is 4.74 Å². The van der Waals surface area contributed by atoms with E-state index in [1.54, 1.807) is 12.1 Å². The summed E-state index contributed by atoms with van der Waals surface area (Å²) in [7, 11) is 1.44. The van der Waals surface area contributed by atoms with Gasteiger partial charge in [0.15, 0.2) is 17.4 Å². The Labute approximate surface area is 149 Å². The molecule has 1 rings (SSSR count). The average molecular weight is 352 g/mol. The Hall–Kier alpha value is -2.24. The van der Waals surface area contributed by atoms with Crippen molar-refractivity contribution in [3.05, 3.63) is 23.8 Å². The number of unbranched alkanes of at least 4 members (excludes halogenated alkanes) is 2. The van der Waals surface area contributed by atoms with Crippen LogP contribution in [0.15, 0.2) is 18.2 Å². The smallest absolute Gasteiger partial charge is 0.320 e. The predicted molar refractivity (Wildman–Crippen MR) is 93.6 cm³/mol. The SMILES string of the molecule is CCCCOC(=O)C(Cc1ccc(O)c(OC)c1)C(=O)OCCCC. The molecule has 0 aliphatic carbocycles. The van der Waals surface area contributed by atoms with Gasteiger partial charge in [-0.3, -0.25) is 9.59 Å². The quantitative estimate of drug-likeness (QED) is 0.374. The highest BCUT2D eigenvalue weighted by atomic mass is 16.6. The molecule has 0 saturated carbocycles. The molecule has 6 nitrogen and oxygen atoms in total. The highest BCUT2D eigenvalue weighted by molar-refractivity contribution is 5.95. The van der Waals surface area contributed by atoms with Gasteiger partial charge in [0.25, 0.3) is 0 Å². The molecule has 1 aromatic carbocycles. The Bertz CT molecular complexity index is 533. The van der Waals surface area contributed by atoms with Gasteiger partial charge in [0.2, 0.25) is 0 Å². The molecule has 0 aromatic heterocycles. The van der Waals surface area contributed by atoms with E-state index in [9.17, 15) is 14.7 Å². The first kappa shape index (κ1) is 20.8. The van der Waals surface area contributed by atoms with Gasteiger partial charge in [-0.15, -0.1) is 0 Å². The van der Waals surface area contributed by atoms with E-state index in [1.165, 1.54) is 13.2 Å². The molecule has 0 saturated heterocycles. The summed E-state index contributed by atoms with van der Waals surface area (Å²) < 4.78 is 15.5. The lowest BCUT2D eigenvalue weighted by molar-refractivity contribution is -0.162. The molecule has 0 atom stereocenters. The van der Waals surface area contributed by atoms with Crippen LogP contribution in [0.5, 0.6) is 11.5 Å². The highest BCUT2D eigenvalue weighted by Gasteiger charge is 2.30. The van der Waals surface area contributed by atoms with Gasteiger partial charge in [0.1, 0.15) is 0 Å². The maximum atomic E-state index is 12.3. The second-order valence-electron chi connectivity index (χ2n) is 5.81. The monoisotopic (exact) mass is 352 g/mol. The summed E-state index contributed by atoms with van der Waals surface area (Å²) in [5.41, 5.74) is 0.680. The van der Waals surface area contributed by atoms with Crippen LogP contribution in [0.25, 0.3) is 0 Å². The largest absolute Gasteiger partial charge is 0.504 e. The summed E-state index contributed by atoms with van der Waals surface area (Å²) in [6.45, 7) is 4.56. The van der Waals surface area contributed by atoms with E-state index in [0.717, 1.165) is 25.7 Å². The Morgan fingerprint density at radius 3 is 2.08 bits per heavy atom. The van der Waals surface area contributed by atoms with E-state index in [2.05, 4.69) is 0 Å². The number of hydrogen-bond acceptors (Lipinski definition) is 6. The molecular formula is C19H28O6. The van der Waals surface area contributed by atoms with E-state index in [1.807, 2.05) is 13.8 Å². The third-order valence-electron chi connectivity index (χ3n) is 3.74. The Morgan fingerprint density at radius 1 is 1.04 bits per heavy atom. The van der Waals surface area contributed by atoms with Crippen molar-refractivity contribution in [2.24, 2.45) is 5.92 Å². The zero-order valence-corrected chi connectivity index (χ0v) is 15.2. The topological polar surface area (TPSA) is 82.1 Å². The van der Waals surface area contributed by atoms with Gasteiger partial charge < -0.3 is 19.3 Å². The van der Waals surface area contributed by atoms with Crippen molar-refractivity contribution in [2.45, 2.75) is 46.0 Å². The van der Waals surface area contributed by atoms with Crippen LogP contribution in [0.3, 0.4) is 0 Å². The molecule has 0 aliphatic heterocycles. The van der Waals surface area contributed by atoms with Crippen LogP contribution in [0.4, 0.5) is 0 Å². The van der Waals surface area contributed by atoms with Crippen LogP contribution in [0, 0.1) is 5.92 Å². The van der Waals surface area contributed by atoms with Gasteiger partial charge >= 0.3 is 11.9 Å². The summed E-state index contributed by atoms with van der Waals surface area (Å²) >= 11 is 0. The zero-order chi connectivity index (χ0) is 18.7. The first-order valence-electron chi connectivity index (χ1n) is 8.72. The van der Waals surface area contributed by atoms with Crippen LogP contribution in [-0.4, -0.2) is 37.4 Å². The Balaban J connectivity index is 2.85. The molecule has 0 spiro atoms. The number of aromatic hydroxyl groups is 1. The van der Waals surface area contributed by atoms with Crippen LogP contribution >= 0.6 is 0 Å². The molecule has 0 amide bonds. The van der Waals surface area contributed by atoms with Crippen molar-refractivity contribution in [2.75, 3.05) is 20.3 Å². The fraction of sp³-hybridized carbons (Fsp3) is 0.579. The van der Waals surface area contributed by atoms with E-state index in [4.69, 9.17) is 14.2 Å². The normalized spacial score (nSPS) is 10.6. The van der Waals surface area contributed by atoms with Crippen molar-refractivity contribution in [3.63, 3.8) is 0 Å². The Kier molecular flexibility index (Phi) is 9.43. The second-order valence-corrected chi connectivity index (χ2v) is 5.81. The zero-order valence-electron chi connectivity index (χ0n) is 15.2. The number of ether oxygens (including phenoxy) is 3. The van der Waals surface area contributed by atoms with E-state index < -0.39 is 17.9 Å². The standard InChI is InChI=1S/C19H28O6/c1-4-6-10-24-18(21)15(19(22)25-11-7-5-2)12-14-8-9-16(20)17(13-14)23-3/h8-9,13,15,20H,4-7,10-12H2,1-3H3. The predicted octanol–water partition coefficient (Wildman–Crippen LogP) is 3.25. The number of esters is 2. The average Bonchev–Trinajstić information content (AvgIpc) is 2.61. The fourth-order valence-corrected chi connectivity index (χ4v) is 2.18. The van der Waals surface area contributed by atoms with Gasteiger partial charge in [-0.1, -0.05) is 32.8 Å². The molecule has 0 heterocycles. The number of hydrogen-bond donors (Lipinski definition) is 1. The summed E-state index contributed by atoms with van der Waals surface area (Å²) in [6, 6.07) is 4.71. The molecule has 0 unspecified atom stereocenters. The van der Waals surface area contributed by atoms with Gasteiger partial charge in [-0.25, -0.2) is 0 Å². The maximum absolute atomic E-state index is 12.3. The van der Waals surface area contributed by atoms with Crippen molar-refractivity contribution < 1.29 is 28.9 Å². The molecule has 25 heavy (non-hydrogen) atoms. The van der Waals surface area contributed by atoms with E-state index in [-0.39, 0.29) is 31.1 Å². The minimum Gasteiger partial charge on any atom is -0.504 e. The molecule has 0 aliphatic rings. The van der Waals surface area contributed by atoms with Gasteiger partial charge in [-0.2, -0.15) is 0 Å². The lowest BCUT2D eigenvalue weighted by Gasteiger charge is -2.16. The van der Waals surface area contributed by atoms with Crippen LogP contribution in [0.2, 0.25) is 0 Å². The van der Waals surface area contributed by atoms with Crippen molar-refractivity contribution in [1.82, 2.24) is 0 Å². The van der Waals surface area contributed by atoms with E-state index >= 15 is 0 Å². The van der Waals surface area contributed by atoms with Gasteiger partial charge in [0.05, 0.1) is 20.3 Å². The summed E-state index contributed by atoms with van der Waals surface area (Å²) in [6.07, 6.45) is 3.42. The summed E-state index contributed by atoms with van der Waals surface area (Å²) in [5.74, 6) is -1.90. The highest BCUT2D eigenvalue weighted by Crippen LogP contribution is 2.27. The number of benzene rings is 1. The fourth-order valence-electron chi connectivity index (χ4n) is 2.18. The molecule has 0 fully saturated rings. The third kappa shape index (κ3) is 7.03. The van der Waals surface area contributed by atoms with Crippen LogP contribution in [-0.2, 0) is 25.5 Å². The number of methoxy groups -OCH3 is 1. The van der Waals surface area contributed by atoms with Crippen molar-refractivity contribution in [1.29, 1.82) is 0 Å². The van der Waals surface area contributed by atoms with Gasteiger partial charge in [-0.05, 0) is 37.0 Å². The third-order valence-corrected chi connectivity index (χ3v) is 3.74. The number of carbonyl (C=O) groups is 2. The Morgan fingerprint density at radius 2 is 1.60 bits per heavy atom. The minimum absolute atomic E-state index is 0.00107. The van der Waals surface area contributed by atoms with Crippen LogP contribution in [0.1, 0.15) is 45.1 Å². The van der Waals surface area contributed by atoms with Crippen molar-refractivity contribution >= 4 is 11.9 Å². The van der Waals surface area contributed by atoms with E-state index in [0.29, 0.717) is 5.56 Å². The number of rotatable bonds is 11. The first-order chi connectivity index (χ1) is 12.0. The minimum atomic E-state index is -1.03. The number of phenols is 1. The molecule has 0 bridgehead atoms. The lowest BCUT2D eigenvalue weighted by Crippen LogP contribution is -2.30. The molecule has 6 heteroatoms. The van der Waals surface area contributed by atoms with Crippen molar-refractivity contribution in [3.8, 4) is 11.5 Å². The maximum Gasteiger partial charge on any atom is 0.320 e. The summed E-state index contributed by atoms with van der Waals surface area (Å²) in [5, 5.41) is 9.67. The number of carbonyl (C=O) groups excluding carboxylic acids is 2. The molecule has 1 N–H and O–H groups in total. The molecular weight excluding hydrogens is 324 g/mol. The molecule has 140 valence electrons. The number of phenolic OH excluding ortho intramolecular Hbond substituents is 1. The van der Waals surface area contributed by atoms with Gasteiger partial charge in [0, 0.05) is 0 Å². The molecule has 1 aromatic rings.